The highest BCUT2D eigenvalue weighted by molar-refractivity contribution is 6.02. The number of aliphatic hydroxyl groups excluding tert-OH is 1. The zero-order valence-electron chi connectivity index (χ0n) is 29.1. The van der Waals surface area contributed by atoms with Gasteiger partial charge in [0.1, 0.15) is 16.6 Å². The van der Waals surface area contributed by atoms with E-state index in [9.17, 15) is 19.5 Å². The van der Waals surface area contributed by atoms with Crippen LogP contribution >= 0.6 is 0 Å². The molecule has 2 aliphatic heterocycles. The molecule has 49 heavy (non-hydrogen) atoms. The molecule has 12 heteroatoms. The molecule has 0 amide bonds. The van der Waals surface area contributed by atoms with E-state index < -0.39 is 40.1 Å². The molecule has 2 aliphatic rings. The highest BCUT2D eigenvalue weighted by Crippen LogP contribution is 2.36. The Balaban J connectivity index is 1.40. The molecule has 1 N–H and O–H groups in total. The summed E-state index contributed by atoms with van der Waals surface area (Å²) in [6.07, 6.45) is 6.69. The smallest absolute Gasteiger partial charge is 0.322 e. The van der Waals surface area contributed by atoms with Crippen LogP contribution in [0, 0.1) is 10.8 Å². The van der Waals surface area contributed by atoms with Crippen LogP contribution in [0.5, 0.6) is 23.0 Å². The van der Waals surface area contributed by atoms with Gasteiger partial charge in [0.25, 0.3) is 0 Å². The van der Waals surface area contributed by atoms with E-state index in [1.807, 2.05) is 0 Å². The van der Waals surface area contributed by atoms with Crippen molar-refractivity contribution >= 4 is 29.9 Å². The fraction of sp³-hybridized carbons (Fsp3) is 0.432. The molecular weight excluding hydrogens is 636 g/mol. The van der Waals surface area contributed by atoms with Crippen molar-refractivity contribution in [2.45, 2.75) is 53.1 Å². The first-order chi connectivity index (χ1) is 23.0. The molecule has 2 heterocycles. The number of aliphatic hydroxyl groups is 1. The fourth-order valence-corrected chi connectivity index (χ4v) is 4.54. The minimum atomic E-state index is -1.02. The summed E-state index contributed by atoms with van der Waals surface area (Å²) >= 11 is 0. The van der Waals surface area contributed by atoms with Crippen molar-refractivity contribution in [1.29, 1.82) is 0 Å². The molecule has 0 unspecified atom stereocenters. The zero-order valence-corrected chi connectivity index (χ0v) is 29.1. The van der Waals surface area contributed by atoms with E-state index in [0.717, 1.165) is 6.08 Å². The van der Waals surface area contributed by atoms with E-state index in [2.05, 4.69) is 0 Å². The van der Waals surface area contributed by atoms with Crippen LogP contribution in [-0.2, 0) is 33.3 Å². The fourth-order valence-electron chi connectivity index (χ4n) is 4.54. The van der Waals surface area contributed by atoms with Gasteiger partial charge in [0.15, 0.2) is 40.4 Å². The van der Waals surface area contributed by atoms with Gasteiger partial charge in [-0.15, -0.1) is 0 Å². The third kappa shape index (κ3) is 9.79. The molecule has 0 radical (unpaired) electrons. The number of carbonyl (C=O) groups excluding carboxylic acids is 3. The van der Waals surface area contributed by atoms with Gasteiger partial charge in [-0.05, 0) is 89.1 Å². The van der Waals surface area contributed by atoms with Crippen LogP contribution in [0.1, 0.15) is 52.7 Å². The van der Waals surface area contributed by atoms with Crippen LogP contribution in [0.25, 0.3) is 12.2 Å². The van der Waals surface area contributed by atoms with Gasteiger partial charge in [-0.3, -0.25) is 14.4 Å². The van der Waals surface area contributed by atoms with Crippen LogP contribution in [-0.4, -0.2) is 75.0 Å². The van der Waals surface area contributed by atoms with Gasteiger partial charge in [-0.25, -0.2) is 0 Å². The second-order valence-electron chi connectivity index (χ2n) is 13.3. The molecule has 12 nitrogen and oxygen atoms in total. The van der Waals surface area contributed by atoms with Gasteiger partial charge in [0, 0.05) is 6.08 Å². The van der Waals surface area contributed by atoms with Crippen molar-refractivity contribution in [3.05, 3.63) is 71.5 Å². The molecular formula is C37H44O12. The van der Waals surface area contributed by atoms with E-state index in [0.29, 0.717) is 22.6 Å². The van der Waals surface area contributed by atoms with Gasteiger partial charge in [0.2, 0.25) is 0 Å². The first-order valence-electron chi connectivity index (χ1n) is 15.6. The van der Waals surface area contributed by atoms with E-state index in [-0.39, 0.29) is 43.7 Å². The number of benzene rings is 2. The van der Waals surface area contributed by atoms with Crippen molar-refractivity contribution in [2.24, 2.45) is 10.8 Å². The molecule has 0 spiro atoms. The Morgan fingerprint density at radius 3 is 1.41 bits per heavy atom. The van der Waals surface area contributed by atoms with Crippen LogP contribution < -0.4 is 18.9 Å². The van der Waals surface area contributed by atoms with Crippen molar-refractivity contribution in [1.82, 2.24) is 0 Å². The average molecular weight is 681 g/mol. The molecule has 0 aliphatic carbocycles. The molecule has 2 fully saturated rings. The lowest BCUT2D eigenvalue weighted by atomic mass is 9.92. The molecule has 0 aromatic heterocycles. The molecule has 0 bridgehead atoms. The van der Waals surface area contributed by atoms with Gasteiger partial charge < -0.3 is 43.0 Å². The Morgan fingerprint density at radius 2 is 1.02 bits per heavy atom. The quantitative estimate of drug-likeness (QED) is 0.100. The van der Waals surface area contributed by atoms with E-state index >= 15 is 0 Å². The minimum absolute atomic E-state index is 0.122. The van der Waals surface area contributed by atoms with Crippen molar-refractivity contribution < 1.29 is 57.4 Å². The molecule has 0 atom stereocenters. The number of carbonyl (C=O) groups is 3. The van der Waals surface area contributed by atoms with Gasteiger partial charge in [-0.1, -0.05) is 24.3 Å². The summed E-state index contributed by atoms with van der Waals surface area (Å²) in [6, 6.07) is 9.75. The SMILES string of the molecule is COc1ccc(/C=C/C(=O)/C=C(O)/C=C/c2ccc(OC)c(OC(=O)C3(C)COC(C)(C)OC3)c2)cc1OC(=O)C1(C)COC(C)(C)OC1. The number of ketones is 1. The summed E-state index contributed by atoms with van der Waals surface area (Å²) in [4.78, 5) is 38.7. The van der Waals surface area contributed by atoms with Gasteiger partial charge in [-0.2, -0.15) is 0 Å². The standard InChI is InChI=1S/C37H44O12/c1-34(2)44-20-36(5,21-45-34)32(40)48-30-17-24(11-15-28(30)42-7)9-13-26(38)19-27(39)14-10-25-12-16-29(43-8)31(18-25)49-33(41)37(6)22-46-35(3,4)47-23-37/h9-19,38H,20-23H2,1-8H3/b13-9+,14-10+,26-19-. The maximum atomic E-state index is 13.0. The average Bonchev–Trinajstić information content (AvgIpc) is 3.06. The molecule has 264 valence electrons. The van der Waals surface area contributed by atoms with Crippen LogP contribution in [0.15, 0.2) is 60.4 Å². The molecule has 2 saturated heterocycles. The van der Waals surface area contributed by atoms with E-state index in [4.69, 9.17) is 37.9 Å². The number of esters is 2. The summed E-state index contributed by atoms with van der Waals surface area (Å²) in [5.74, 6) is -2.49. The third-order valence-corrected chi connectivity index (χ3v) is 7.90. The Labute approximate surface area is 286 Å². The Hall–Kier alpha value is -4.49. The highest BCUT2D eigenvalue weighted by atomic mass is 16.7. The molecule has 0 saturated carbocycles. The molecule has 2 aromatic carbocycles. The number of hydrogen-bond donors (Lipinski definition) is 1. The first kappa shape index (κ1) is 37.3. The lowest BCUT2D eigenvalue weighted by Gasteiger charge is -2.39. The number of methoxy groups -OCH3 is 2. The summed E-state index contributed by atoms with van der Waals surface area (Å²) in [6.45, 7) is 11.0. The largest absolute Gasteiger partial charge is 0.508 e. The van der Waals surface area contributed by atoms with Crippen molar-refractivity contribution in [3.8, 4) is 23.0 Å². The summed E-state index contributed by atoms with van der Waals surface area (Å²) in [5.41, 5.74) is -0.925. The van der Waals surface area contributed by atoms with Gasteiger partial charge >= 0.3 is 11.9 Å². The van der Waals surface area contributed by atoms with Crippen molar-refractivity contribution in [3.63, 3.8) is 0 Å². The number of hydrogen-bond acceptors (Lipinski definition) is 12. The highest BCUT2D eigenvalue weighted by Gasteiger charge is 2.45. The number of ether oxygens (including phenoxy) is 8. The van der Waals surface area contributed by atoms with Crippen LogP contribution in [0.3, 0.4) is 0 Å². The third-order valence-electron chi connectivity index (χ3n) is 7.90. The minimum Gasteiger partial charge on any atom is -0.508 e. The normalized spacial score (nSPS) is 19.7. The summed E-state index contributed by atoms with van der Waals surface area (Å²) < 4.78 is 44.7. The monoisotopic (exact) mass is 680 g/mol. The van der Waals surface area contributed by atoms with Crippen molar-refractivity contribution in [2.75, 3.05) is 40.6 Å². The predicted octanol–water partition coefficient (Wildman–Crippen LogP) is 5.83. The lowest BCUT2D eigenvalue weighted by Crippen LogP contribution is -2.50. The Kier molecular flexibility index (Phi) is 11.4. The van der Waals surface area contributed by atoms with E-state index in [1.54, 1.807) is 84.0 Å². The molecule has 4 rings (SSSR count). The Bertz CT molecular complexity index is 1630. The second-order valence-corrected chi connectivity index (χ2v) is 13.3. The molecule has 2 aromatic rings. The number of rotatable bonds is 11. The second kappa shape index (κ2) is 15.0. The van der Waals surface area contributed by atoms with Crippen LogP contribution in [0.4, 0.5) is 0 Å². The maximum Gasteiger partial charge on any atom is 0.322 e. The zero-order chi connectivity index (χ0) is 36.0. The lowest BCUT2D eigenvalue weighted by molar-refractivity contribution is -0.280. The van der Waals surface area contributed by atoms with E-state index in [1.165, 1.54) is 32.4 Å². The maximum absolute atomic E-state index is 13.0. The Morgan fingerprint density at radius 1 is 0.633 bits per heavy atom. The first-order valence-corrected chi connectivity index (χ1v) is 15.6. The van der Waals surface area contributed by atoms with Crippen LogP contribution in [0.2, 0.25) is 0 Å². The topological polar surface area (TPSA) is 145 Å². The summed E-state index contributed by atoms with van der Waals surface area (Å²) in [5, 5.41) is 10.4. The number of allylic oxidation sites excluding steroid dienone is 3. The van der Waals surface area contributed by atoms with Gasteiger partial charge in [0.05, 0.1) is 40.6 Å². The summed E-state index contributed by atoms with van der Waals surface area (Å²) in [7, 11) is 2.90. The predicted molar refractivity (Wildman–Crippen MR) is 179 cm³/mol.